The molecule has 2 saturated heterocycles. The zero-order valence-corrected chi connectivity index (χ0v) is 43.9. The number of imide groups is 3. The van der Waals surface area contributed by atoms with Crippen molar-refractivity contribution in [3.05, 3.63) is 129 Å². The highest BCUT2D eigenvalue weighted by Gasteiger charge is 2.59. The maximum Gasteiger partial charge on any atom is 0.418 e. The number of piperidine rings is 1. The van der Waals surface area contributed by atoms with Crippen LogP contribution in [0.15, 0.2) is 84.9 Å². The molecule has 3 N–H and O–H groups in total. The van der Waals surface area contributed by atoms with Gasteiger partial charge in [-0.1, -0.05) is 105 Å². The van der Waals surface area contributed by atoms with E-state index in [-0.39, 0.29) is 44.0 Å². The number of amides is 9. The molecule has 0 saturated carbocycles. The molecule has 412 valence electrons. The highest BCUT2D eigenvalue weighted by Crippen LogP contribution is 2.46. The van der Waals surface area contributed by atoms with Crippen molar-refractivity contribution in [2.75, 3.05) is 17.2 Å². The molecular weight excluding hydrogens is 1010 g/mol. The topological polar surface area (TPSA) is 209 Å². The number of carbonyl (C=O) groups excluding carboxylic acids is 9. The van der Waals surface area contributed by atoms with Gasteiger partial charge in [-0.2, -0.15) is 13.2 Å². The van der Waals surface area contributed by atoms with E-state index < -0.39 is 71.9 Å². The fraction of sp³-hybridized carbons (Fsp3) is 0.441. The number of aryl methyl sites for hydroxylation is 4. The molecule has 0 bridgehead atoms. The first-order valence-corrected chi connectivity index (χ1v) is 26.9. The van der Waals surface area contributed by atoms with Crippen molar-refractivity contribution in [3.63, 3.8) is 0 Å². The Balaban J connectivity index is 0.679. The summed E-state index contributed by atoms with van der Waals surface area (Å²) in [6.07, 6.45) is 6.89. The largest absolute Gasteiger partial charge is 0.427 e. The minimum Gasteiger partial charge on any atom is -0.427 e. The first-order chi connectivity index (χ1) is 37.3. The monoisotopic (exact) mass is 1070 g/mol. The van der Waals surface area contributed by atoms with Gasteiger partial charge >= 0.3 is 12.3 Å². The van der Waals surface area contributed by atoms with Gasteiger partial charge < -0.3 is 20.3 Å². The van der Waals surface area contributed by atoms with E-state index in [0.29, 0.717) is 68.3 Å². The van der Waals surface area contributed by atoms with Gasteiger partial charge in [0.15, 0.2) is 0 Å². The van der Waals surface area contributed by atoms with Gasteiger partial charge in [-0.05, 0) is 111 Å². The maximum atomic E-state index is 13.9. The van der Waals surface area contributed by atoms with E-state index in [1.54, 1.807) is 66.7 Å². The second kappa shape index (κ2) is 24.7. The second-order valence-electron chi connectivity index (χ2n) is 20.8. The summed E-state index contributed by atoms with van der Waals surface area (Å²) in [5.74, 6) is -4.24. The van der Waals surface area contributed by atoms with Crippen molar-refractivity contribution in [1.29, 1.82) is 0 Å². The molecule has 19 heteroatoms. The van der Waals surface area contributed by atoms with Crippen LogP contribution in [-0.2, 0) is 64.9 Å². The molecule has 1 unspecified atom stereocenters. The summed E-state index contributed by atoms with van der Waals surface area (Å²) in [5, 5.41) is 8.03. The maximum absolute atomic E-state index is 13.9. The first-order valence-electron chi connectivity index (χ1n) is 26.9. The number of nitrogens with one attached hydrogen (secondary N) is 3. The molecule has 8 rings (SSSR count). The summed E-state index contributed by atoms with van der Waals surface area (Å²) in [6.45, 7) is 1.36. The Morgan fingerprint density at radius 3 is 1.99 bits per heavy atom. The van der Waals surface area contributed by atoms with E-state index in [0.717, 1.165) is 99.1 Å². The van der Waals surface area contributed by atoms with Gasteiger partial charge in [0.2, 0.25) is 35.1 Å². The highest BCUT2D eigenvalue weighted by atomic mass is 19.4. The zero-order valence-electron chi connectivity index (χ0n) is 43.9. The van der Waals surface area contributed by atoms with Crippen LogP contribution in [0.4, 0.5) is 29.3 Å². The number of halogens is 3. The van der Waals surface area contributed by atoms with Crippen molar-refractivity contribution < 1.29 is 61.1 Å². The number of fused-ring (bicyclic) bond motifs is 3. The normalized spacial score (nSPS) is 18.2. The van der Waals surface area contributed by atoms with Crippen LogP contribution >= 0.6 is 0 Å². The van der Waals surface area contributed by atoms with Gasteiger partial charge in [-0.25, -0.2) is 9.69 Å². The molecule has 4 aromatic rings. The van der Waals surface area contributed by atoms with Crippen molar-refractivity contribution in [2.24, 2.45) is 0 Å². The van der Waals surface area contributed by atoms with E-state index in [2.05, 4.69) is 16.0 Å². The predicted octanol–water partition coefficient (Wildman–Crippen LogP) is 9.54. The number of benzene rings is 4. The quantitative estimate of drug-likeness (QED) is 0.0447. The molecule has 3 atom stereocenters. The van der Waals surface area contributed by atoms with Crippen molar-refractivity contribution in [2.45, 2.75) is 160 Å². The summed E-state index contributed by atoms with van der Waals surface area (Å²) >= 11 is 0. The van der Waals surface area contributed by atoms with Crippen molar-refractivity contribution in [1.82, 2.24) is 20.0 Å². The number of anilines is 2. The number of ether oxygens (including phenoxy) is 1. The third-order valence-corrected chi connectivity index (χ3v) is 15.2. The summed E-state index contributed by atoms with van der Waals surface area (Å²) < 4.78 is 47.4. The molecule has 4 aliphatic rings. The fourth-order valence-electron chi connectivity index (χ4n) is 10.6. The lowest BCUT2D eigenvalue weighted by Crippen LogP contribution is -2.54. The lowest BCUT2D eigenvalue weighted by Gasteiger charge is -2.31. The minimum atomic E-state index is -4.76. The molecule has 0 radical (unpaired) electrons. The Kier molecular flexibility index (Phi) is 17.9. The Morgan fingerprint density at radius 1 is 0.705 bits per heavy atom. The fourth-order valence-corrected chi connectivity index (χ4v) is 10.6. The lowest BCUT2D eigenvalue weighted by molar-refractivity contribution is -0.187. The van der Waals surface area contributed by atoms with Crippen LogP contribution in [-0.4, -0.2) is 92.9 Å². The third-order valence-electron chi connectivity index (χ3n) is 15.2. The number of carbonyl (C=O) groups is 9. The van der Waals surface area contributed by atoms with Crippen molar-refractivity contribution >= 4 is 64.7 Å². The average molecular weight is 1080 g/mol. The van der Waals surface area contributed by atoms with E-state index >= 15 is 0 Å². The highest BCUT2D eigenvalue weighted by molar-refractivity contribution is 6.23. The molecule has 9 amide bonds. The summed E-state index contributed by atoms with van der Waals surface area (Å²) in [4.78, 5) is 118. The first kappa shape index (κ1) is 56.5. The zero-order chi connectivity index (χ0) is 55.7. The summed E-state index contributed by atoms with van der Waals surface area (Å²) in [7, 11) is 0. The Morgan fingerprint density at radius 2 is 1.31 bits per heavy atom. The average Bonchev–Trinajstić information content (AvgIpc) is 4.23. The van der Waals surface area contributed by atoms with Crippen LogP contribution in [0, 0.1) is 6.92 Å². The van der Waals surface area contributed by atoms with E-state index in [9.17, 15) is 56.3 Å². The Bertz CT molecular complexity index is 2960. The smallest absolute Gasteiger partial charge is 0.418 e. The van der Waals surface area contributed by atoms with Crippen molar-refractivity contribution in [3.8, 4) is 0 Å². The molecule has 16 nitrogen and oxygen atoms in total. The molecular formula is C59H65F3N6O10. The molecule has 3 heterocycles. The number of unbranched alkanes of at least 4 members (excludes halogenated alkanes) is 9. The third kappa shape index (κ3) is 13.3. The van der Waals surface area contributed by atoms with Crippen LogP contribution in [0.3, 0.4) is 0 Å². The molecule has 4 aromatic carbocycles. The lowest BCUT2D eigenvalue weighted by atomic mass is 9.94. The van der Waals surface area contributed by atoms with E-state index in [4.69, 9.17) is 4.74 Å². The molecule has 1 aliphatic carbocycles. The van der Waals surface area contributed by atoms with Gasteiger partial charge in [-0.3, -0.25) is 48.6 Å². The number of hydrogen-bond donors (Lipinski definition) is 3. The van der Waals surface area contributed by atoms with Crippen LogP contribution in [0.25, 0.3) is 0 Å². The van der Waals surface area contributed by atoms with Gasteiger partial charge in [0.25, 0.3) is 17.7 Å². The Hall–Kier alpha value is -7.70. The molecule has 3 aliphatic heterocycles. The number of rotatable bonds is 24. The van der Waals surface area contributed by atoms with Crippen LogP contribution in [0.2, 0.25) is 0 Å². The van der Waals surface area contributed by atoms with Crippen LogP contribution in [0.1, 0.15) is 157 Å². The summed E-state index contributed by atoms with van der Waals surface area (Å²) in [6, 6.07) is 20.9. The predicted molar refractivity (Wildman–Crippen MR) is 282 cm³/mol. The van der Waals surface area contributed by atoms with E-state index in [1.165, 1.54) is 0 Å². The van der Waals surface area contributed by atoms with Gasteiger partial charge in [0.05, 0.1) is 11.1 Å². The summed E-state index contributed by atoms with van der Waals surface area (Å²) in [5.41, 5.74) is 4.21. The molecule has 1 spiro atoms. The van der Waals surface area contributed by atoms with Gasteiger partial charge in [0, 0.05) is 49.2 Å². The molecule has 78 heavy (non-hydrogen) atoms. The number of hydrogen-bond acceptors (Lipinski definition) is 10. The number of nitrogens with zero attached hydrogens (tertiary/aromatic N) is 3. The minimum absolute atomic E-state index is 0.0578. The molecule has 2 fully saturated rings. The van der Waals surface area contributed by atoms with Crippen LogP contribution in [0.5, 0.6) is 0 Å². The van der Waals surface area contributed by atoms with Crippen LogP contribution < -0.4 is 16.0 Å². The SMILES string of the molecule is Cc1ccc(CN(C(=O)CN2C(=O)O[C@@]3(CCc4cc(NC(=O)CCc5ccc(NC(=O)CCCCCCCCCCCCc6ccc7c(c6)C(=O)N(C6CCC(=O)NC6=O)C7=O)cc5)ccc43)C2=O)[C@@H](C)C(F)(F)F)cc1. The van der Waals surface area contributed by atoms with Gasteiger partial charge in [-0.15, -0.1) is 0 Å². The second-order valence-corrected chi connectivity index (χ2v) is 20.8. The standard InChI is InChI=1S/C59H65F3N6O10/c1-37-15-17-41(18-16-37)35-66(38(2)59(60,61)62)52(72)36-67-56(76)58(78-57(67)77)32-31-42-34-44(25-27-47(42)58)64-50(70)29-22-39-19-23-43(24-20-39)63-49(69)14-12-10-8-6-4-3-5-7-9-11-13-40-21-26-45-46(33-40)55(75)68(54(45)74)48-28-30-51(71)65-53(48)73/h15-21,23-27,33-34,38,48H,3-14,22,28-32,35-36H2,1-2H3,(H,63,69)(H,64,70)(H,65,71,73)/t38-,48?,58+/m0/s1. The van der Waals surface area contributed by atoms with Gasteiger partial charge in [0.1, 0.15) is 18.6 Å². The Labute approximate surface area is 450 Å². The number of alkyl halides is 3. The van der Waals surface area contributed by atoms with E-state index in [1.807, 2.05) is 25.1 Å². The molecule has 0 aromatic heterocycles.